The minimum atomic E-state index is -4.65. The molecule has 9 nitrogen and oxygen atoms in total. The molecule has 0 bridgehead atoms. The van der Waals surface area contributed by atoms with Crippen molar-refractivity contribution in [3.8, 4) is 17.3 Å². The Labute approximate surface area is 192 Å². The number of anilines is 1. The fourth-order valence-corrected chi connectivity index (χ4v) is 4.55. The summed E-state index contributed by atoms with van der Waals surface area (Å²) >= 11 is 0. The maximum atomic E-state index is 13.6. The highest BCUT2D eigenvalue weighted by molar-refractivity contribution is 5.70. The molecule has 4 aromatic rings. The van der Waals surface area contributed by atoms with E-state index in [1.165, 1.54) is 13.2 Å². The maximum Gasteiger partial charge on any atom is 0.433 e. The van der Waals surface area contributed by atoms with E-state index in [0.29, 0.717) is 0 Å². The van der Waals surface area contributed by atoms with E-state index in [1.807, 2.05) is 18.2 Å². The van der Waals surface area contributed by atoms with Crippen LogP contribution in [-0.2, 0) is 13.2 Å². The Morgan fingerprint density at radius 1 is 1.18 bits per heavy atom. The lowest BCUT2D eigenvalue weighted by Crippen LogP contribution is -2.29. The summed E-state index contributed by atoms with van der Waals surface area (Å²) in [6.07, 6.45) is 4.71. The number of hydrogen-bond acceptors (Lipinski definition) is 7. The van der Waals surface area contributed by atoms with Crippen LogP contribution in [0.4, 0.5) is 19.1 Å². The molecule has 12 heteroatoms. The normalized spacial score (nSPS) is 18.7. The number of aryl methyl sites for hydroxylation is 1. The number of fused-ring (bicyclic) bond motifs is 1. The van der Waals surface area contributed by atoms with Gasteiger partial charge in [-0.2, -0.15) is 23.5 Å². The molecule has 0 aromatic carbocycles. The minimum Gasteiger partial charge on any atom is -0.351 e. The number of aromatic nitrogens is 7. The zero-order chi connectivity index (χ0) is 23.9. The van der Waals surface area contributed by atoms with Gasteiger partial charge >= 0.3 is 6.18 Å². The van der Waals surface area contributed by atoms with E-state index in [2.05, 4.69) is 34.9 Å². The van der Waals surface area contributed by atoms with Crippen LogP contribution in [-0.4, -0.2) is 40.3 Å². The second-order valence-electron chi connectivity index (χ2n) is 8.26. The second-order valence-corrected chi connectivity index (χ2v) is 8.26. The predicted molar refractivity (Wildman–Crippen MR) is 116 cm³/mol. The van der Waals surface area contributed by atoms with Crippen LogP contribution in [0.1, 0.15) is 43.0 Å². The van der Waals surface area contributed by atoms with Crippen molar-refractivity contribution in [1.29, 1.82) is 5.26 Å². The monoisotopic (exact) mass is 467 g/mol. The first-order chi connectivity index (χ1) is 16.3. The number of nitrogens with zero attached hydrogens (tertiary/aromatic N) is 8. The van der Waals surface area contributed by atoms with E-state index in [9.17, 15) is 18.4 Å². The maximum absolute atomic E-state index is 13.6. The number of halogens is 3. The molecule has 5 rings (SSSR count). The Morgan fingerprint density at radius 3 is 2.82 bits per heavy atom. The number of pyridine rings is 1. The number of alkyl halides is 3. The van der Waals surface area contributed by atoms with E-state index < -0.39 is 11.9 Å². The summed E-state index contributed by atoms with van der Waals surface area (Å²) < 4.78 is 43.6. The summed E-state index contributed by atoms with van der Waals surface area (Å²) in [4.78, 5) is 17.4. The van der Waals surface area contributed by atoms with Crippen LogP contribution in [0.15, 0.2) is 37.1 Å². The van der Waals surface area contributed by atoms with Crippen LogP contribution >= 0.6 is 0 Å². The van der Waals surface area contributed by atoms with E-state index in [1.54, 1.807) is 12.5 Å². The SMILES string of the molecule is Cn1ncc(-c2nc(N[C@@H]3CCC[C@H](n4cnc5cccnc54)C3)ncc2C#N)c1C(F)(F)F. The van der Waals surface area contributed by atoms with E-state index in [-0.39, 0.29) is 34.9 Å². The fourth-order valence-electron chi connectivity index (χ4n) is 4.55. The van der Waals surface area contributed by atoms with Gasteiger partial charge in [0.15, 0.2) is 11.3 Å². The summed E-state index contributed by atoms with van der Waals surface area (Å²) in [7, 11) is 1.20. The van der Waals surface area contributed by atoms with Gasteiger partial charge in [-0.25, -0.2) is 19.9 Å². The molecule has 0 spiro atoms. The quantitative estimate of drug-likeness (QED) is 0.481. The Balaban J connectivity index is 1.42. The highest BCUT2D eigenvalue weighted by atomic mass is 19.4. The van der Waals surface area contributed by atoms with E-state index in [0.717, 1.165) is 47.7 Å². The number of nitriles is 1. The number of rotatable bonds is 4. The smallest absolute Gasteiger partial charge is 0.351 e. The summed E-state index contributed by atoms with van der Waals surface area (Å²) in [6.45, 7) is 0. The Kier molecular flexibility index (Phi) is 5.39. The number of imidazole rings is 1. The summed E-state index contributed by atoms with van der Waals surface area (Å²) in [5.74, 6) is 0.172. The zero-order valence-corrected chi connectivity index (χ0v) is 18.2. The standard InChI is InChI=1S/C22H20F3N9/c1-33-19(22(23,24)25)16(11-30-33)18-13(9-26)10-28-21(32-18)31-14-4-2-5-15(8-14)34-12-29-17-6-3-7-27-20(17)34/h3,6-7,10-12,14-15H,2,4-5,8H2,1H3,(H,28,31,32)/t14-,15+/m1/s1. The highest BCUT2D eigenvalue weighted by Crippen LogP contribution is 2.37. The van der Waals surface area contributed by atoms with Crippen molar-refractivity contribution < 1.29 is 13.2 Å². The third kappa shape index (κ3) is 3.93. The van der Waals surface area contributed by atoms with E-state index >= 15 is 0 Å². The van der Waals surface area contributed by atoms with Crippen LogP contribution < -0.4 is 5.32 Å². The van der Waals surface area contributed by atoms with Crippen LogP contribution in [0.5, 0.6) is 0 Å². The molecular weight excluding hydrogens is 447 g/mol. The van der Waals surface area contributed by atoms with Crippen molar-refractivity contribution in [3.05, 3.63) is 48.3 Å². The molecule has 1 aliphatic rings. The molecule has 4 heterocycles. The molecule has 174 valence electrons. The molecule has 1 N–H and O–H groups in total. The predicted octanol–water partition coefficient (Wildman–Crippen LogP) is 4.11. The van der Waals surface area contributed by atoms with Crippen molar-refractivity contribution in [2.75, 3.05) is 5.32 Å². The van der Waals surface area contributed by atoms with Gasteiger partial charge in [-0.15, -0.1) is 0 Å². The molecule has 1 aliphatic carbocycles. The summed E-state index contributed by atoms with van der Waals surface area (Å²) in [5, 5.41) is 16.4. The topological polar surface area (TPSA) is 110 Å². The minimum absolute atomic E-state index is 0.00307. The van der Waals surface area contributed by atoms with Gasteiger partial charge in [0.25, 0.3) is 0 Å². The van der Waals surface area contributed by atoms with Crippen molar-refractivity contribution in [1.82, 2.24) is 34.3 Å². The summed E-state index contributed by atoms with van der Waals surface area (Å²) in [5.41, 5.74) is 0.273. The van der Waals surface area contributed by atoms with Gasteiger partial charge in [0.05, 0.1) is 35.5 Å². The molecular formula is C22H20F3N9. The van der Waals surface area contributed by atoms with Gasteiger partial charge in [0.2, 0.25) is 5.95 Å². The Morgan fingerprint density at radius 2 is 2.03 bits per heavy atom. The molecule has 0 amide bonds. The summed E-state index contributed by atoms with van der Waals surface area (Å²) in [6, 6.07) is 5.80. The third-order valence-electron chi connectivity index (χ3n) is 6.08. The van der Waals surface area contributed by atoms with Crippen molar-refractivity contribution in [2.24, 2.45) is 7.05 Å². The first kappa shape index (κ1) is 21.8. The van der Waals surface area contributed by atoms with Gasteiger partial charge in [0, 0.05) is 25.3 Å². The lowest BCUT2D eigenvalue weighted by molar-refractivity contribution is -0.143. The lowest BCUT2D eigenvalue weighted by atomic mass is 9.91. The molecule has 0 saturated heterocycles. The molecule has 0 radical (unpaired) electrons. The number of nitrogens with one attached hydrogen (secondary N) is 1. The molecule has 2 atom stereocenters. The largest absolute Gasteiger partial charge is 0.433 e. The highest BCUT2D eigenvalue weighted by Gasteiger charge is 2.39. The second kappa shape index (κ2) is 8.40. The van der Waals surface area contributed by atoms with Crippen LogP contribution in [0.2, 0.25) is 0 Å². The van der Waals surface area contributed by atoms with Crippen LogP contribution in [0.3, 0.4) is 0 Å². The Bertz CT molecular complexity index is 1380. The number of hydrogen-bond donors (Lipinski definition) is 1. The van der Waals surface area contributed by atoms with Gasteiger partial charge in [-0.1, -0.05) is 0 Å². The van der Waals surface area contributed by atoms with Gasteiger partial charge < -0.3 is 9.88 Å². The van der Waals surface area contributed by atoms with Gasteiger partial charge in [0.1, 0.15) is 11.6 Å². The molecule has 1 fully saturated rings. The van der Waals surface area contributed by atoms with Gasteiger partial charge in [-0.3, -0.25) is 4.68 Å². The molecule has 4 aromatic heterocycles. The molecule has 34 heavy (non-hydrogen) atoms. The average Bonchev–Trinajstić information content (AvgIpc) is 3.43. The van der Waals surface area contributed by atoms with Crippen LogP contribution in [0.25, 0.3) is 22.4 Å². The molecule has 0 aliphatic heterocycles. The van der Waals surface area contributed by atoms with Crippen LogP contribution in [0, 0.1) is 11.3 Å². The molecule has 0 unspecified atom stereocenters. The first-order valence-corrected chi connectivity index (χ1v) is 10.8. The van der Waals surface area contributed by atoms with Crippen molar-refractivity contribution in [3.63, 3.8) is 0 Å². The van der Waals surface area contributed by atoms with Gasteiger partial charge in [-0.05, 0) is 37.8 Å². The van der Waals surface area contributed by atoms with E-state index in [4.69, 9.17) is 0 Å². The zero-order valence-electron chi connectivity index (χ0n) is 18.2. The lowest BCUT2D eigenvalue weighted by Gasteiger charge is -2.30. The average molecular weight is 467 g/mol. The molecule has 1 saturated carbocycles. The van der Waals surface area contributed by atoms with Crippen molar-refractivity contribution >= 4 is 17.1 Å². The third-order valence-corrected chi connectivity index (χ3v) is 6.08. The fraction of sp³-hybridized carbons (Fsp3) is 0.364. The Hall–Kier alpha value is -4.01. The first-order valence-electron chi connectivity index (χ1n) is 10.8. The van der Waals surface area contributed by atoms with Crippen molar-refractivity contribution in [2.45, 2.75) is 43.9 Å².